The van der Waals surface area contributed by atoms with Crippen molar-refractivity contribution in [2.45, 2.75) is 57.0 Å². The number of benzene rings is 2. The second kappa shape index (κ2) is 13.1. The second-order valence-electron chi connectivity index (χ2n) is 9.13. The molecule has 8 heteroatoms. The summed E-state index contributed by atoms with van der Waals surface area (Å²) < 4.78 is 0. The highest BCUT2D eigenvalue weighted by atomic mass is 16.2. The van der Waals surface area contributed by atoms with Crippen LogP contribution >= 0.6 is 0 Å². The summed E-state index contributed by atoms with van der Waals surface area (Å²) >= 11 is 0. The van der Waals surface area contributed by atoms with Crippen LogP contribution in [-0.4, -0.2) is 42.4 Å². The molecule has 8 nitrogen and oxygen atoms in total. The topological polar surface area (TPSA) is 124 Å². The Morgan fingerprint density at radius 1 is 1.23 bits per heavy atom. The first-order valence-corrected chi connectivity index (χ1v) is 12.1. The molecule has 0 spiro atoms. The molecule has 2 aromatic carbocycles. The van der Waals surface area contributed by atoms with E-state index in [1.165, 1.54) is 10.5 Å². The van der Waals surface area contributed by atoms with Crippen molar-refractivity contribution in [2.75, 3.05) is 12.4 Å². The van der Waals surface area contributed by atoms with Gasteiger partial charge in [-0.15, -0.1) is 0 Å². The van der Waals surface area contributed by atoms with Crippen LogP contribution < -0.4 is 16.4 Å². The molecule has 0 unspecified atom stereocenters. The number of rotatable bonds is 9. The molecule has 1 aliphatic carbocycles. The van der Waals surface area contributed by atoms with Gasteiger partial charge in [-0.25, -0.2) is 9.79 Å². The minimum absolute atomic E-state index is 0.00571. The molecule has 0 bridgehead atoms. The fraction of sp³-hybridized carbons (Fsp3) is 0.407. The summed E-state index contributed by atoms with van der Waals surface area (Å²) in [5.41, 5.74) is 8.50. The number of nitrogens with two attached hydrogens (primary N) is 1. The summed E-state index contributed by atoms with van der Waals surface area (Å²) in [6, 6.07) is 19.0. The zero-order valence-electron chi connectivity index (χ0n) is 20.2. The Morgan fingerprint density at radius 3 is 2.66 bits per heavy atom. The Bertz CT molecular complexity index is 1030. The van der Waals surface area contributed by atoms with E-state index < -0.39 is 0 Å². The van der Waals surface area contributed by atoms with E-state index in [9.17, 15) is 9.59 Å². The van der Waals surface area contributed by atoms with Crippen molar-refractivity contribution in [1.82, 2.24) is 10.2 Å². The number of anilines is 1. The van der Waals surface area contributed by atoms with Gasteiger partial charge in [-0.05, 0) is 67.9 Å². The van der Waals surface area contributed by atoms with Crippen LogP contribution in [0.15, 0.2) is 59.6 Å². The summed E-state index contributed by atoms with van der Waals surface area (Å²) in [6.45, 7) is 0. The Labute approximate surface area is 207 Å². The number of aliphatic imine (C=N–C) groups is 1. The average Bonchev–Trinajstić information content (AvgIpc) is 2.88. The van der Waals surface area contributed by atoms with Gasteiger partial charge < -0.3 is 16.4 Å². The lowest BCUT2D eigenvalue weighted by molar-refractivity contribution is -0.114. The zero-order chi connectivity index (χ0) is 25.0. The number of nitrogens with one attached hydrogen (secondary N) is 2. The van der Waals surface area contributed by atoms with E-state index in [0.717, 1.165) is 44.9 Å². The van der Waals surface area contributed by atoms with Gasteiger partial charge in [0.25, 0.3) is 0 Å². The lowest BCUT2D eigenvalue weighted by Gasteiger charge is -2.31. The smallest absolute Gasteiger partial charge is 0.319 e. The molecule has 4 N–H and O–H groups in total. The van der Waals surface area contributed by atoms with Gasteiger partial charge in [0.05, 0.1) is 17.7 Å². The van der Waals surface area contributed by atoms with Gasteiger partial charge >= 0.3 is 6.03 Å². The average molecular weight is 475 g/mol. The van der Waals surface area contributed by atoms with Crippen LogP contribution in [0.2, 0.25) is 0 Å². The van der Waals surface area contributed by atoms with E-state index in [4.69, 9.17) is 11.0 Å². The molecular formula is C27H34N6O2. The Hall–Kier alpha value is -3.86. The SMILES string of the molecule is CN(C=O)C(N)=N[C@H](CCc1ccccc1)C[C@H]1CCC[C@@H](NC(=O)Nc2ccc(C#N)cc2)C1. The number of guanidine groups is 1. The molecule has 3 rings (SSSR count). The first-order chi connectivity index (χ1) is 17.0. The Kier molecular flexibility index (Phi) is 9.67. The number of carbonyl (C=O) groups excluding carboxylic acids is 2. The molecule has 1 saturated carbocycles. The quantitative estimate of drug-likeness (QED) is 0.288. The second-order valence-corrected chi connectivity index (χ2v) is 9.13. The van der Waals surface area contributed by atoms with Gasteiger partial charge in [0.1, 0.15) is 0 Å². The van der Waals surface area contributed by atoms with E-state index >= 15 is 0 Å². The minimum atomic E-state index is -0.240. The van der Waals surface area contributed by atoms with Crippen LogP contribution in [0, 0.1) is 17.2 Å². The van der Waals surface area contributed by atoms with Crippen LogP contribution in [0.25, 0.3) is 0 Å². The maximum atomic E-state index is 12.5. The highest BCUT2D eigenvalue weighted by Gasteiger charge is 2.26. The molecule has 0 heterocycles. The van der Waals surface area contributed by atoms with E-state index in [-0.39, 0.29) is 24.1 Å². The van der Waals surface area contributed by atoms with Gasteiger partial charge in [0.2, 0.25) is 6.41 Å². The molecule has 0 aliphatic heterocycles. The number of urea groups is 1. The lowest BCUT2D eigenvalue weighted by Crippen LogP contribution is -2.41. The van der Waals surface area contributed by atoms with Crippen molar-refractivity contribution >= 4 is 24.1 Å². The fourth-order valence-electron chi connectivity index (χ4n) is 4.55. The van der Waals surface area contributed by atoms with Crippen LogP contribution in [0.5, 0.6) is 0 Å². The fourth-order valence-corrected chi connectivity index (χ4v) is 4.55. The third-order valence-electron chi connectivity index (χ3n) is 6.44. The maximum absolute atomic E-state index is 12.5. The summed E-state index contributed by atoms with van der Waals surface area (Å²) in [5.74, 6) is 0.633. The predicted molar refractivity (Wildman–Crippen MR) is 138 cm³/mol. The molecule has 35 heavy (non-hydrogen) atoms. The number of nitrogens with zero attached hydrogens (tertiary/aromatic N) is 3. The van der Waals surface area contributed by atoms with Gasteiger partial charge in [-0.3, -0.25) is 9.69 Å². The van der Waals surface area contributed by atoms with Crippen LogP contribution in [0.1, 0.15) is 49.7 Å². The van der Waals surface area contributed by atoms with Crippen molar-refractivity contribution in [3.05, 3.63) is 65.7 Å². The van der Waals surface area contributed by atoms with Crippen LogP contribution in [0.3, 0.4) is 0 Å². The number of hydrogen-bond donors (Lipinski definition) is 3. The monoisotopic (exact) mass is 474 g/mol. The molecule has 2 aromatic rings. The van der Waals surface area contributed by atoms with E-state index in [0.29, 0.717) is 23.6 Å². The molecule has 1 aliphatic rings. The summed E-state index contributed by atoms with van der Waals surface area (Å²) in [4.78, 5) is 29.6. The normalized spacial score (nSPS) is 18.7. The van der Waals surface area contributed by atoms with Gasteiger partial charge in [0.15, 0.2) is 5.96 Å². The van der Waals surface area contributed by atoms with Crippen molar-refractivity contribution < 1.29 is 9.59 Å². The van der Waals surface area contributed by atoms with Gasteiger partial charge in [-0.1, -0.05) is 43.2 Å². The summed E-state index contributed by atoms with van der Waals surface area (Å²) in [7, 11) is 1.60. The molecule has 3 atom stereocenters. The molecule has 3 amide bonds. The lowest BCUT2D eigenvalue weighted by atomic mass is 9.81. The predicted octanol–water partition coefficient (Wildman–Crippen LogP) is 4.03. The van der Waals surface area contributed by atoms with Crippen LogP contribution in [0.4, 0.5) is 10.5 Å². The molecule has 0 saturated heterocycles. The highest BCUT2D eigenvalue weighted by molar-refractivity contribution is 5.89. The molecule has 0 aromatic heterocycles. The third kappa shape index (κ3) is 8.45. The third-order valence-corrected chi connectivity index (χ3v) is 6.44. The largest absolute Gasteiger partial charge is 0.369 e. The highest BCUT2D eigenvalue weighted by Crippen LogP contribution is 2.30. The molecule has 1 fully saturated rings. The Balaban J connectivity index is 1.57. The van der Waals surface area contributed by atoms with E-state index in [1.54, 1.807) is 31.3 Å². The van der Waals surface area contributed by atoms with Gasteiger partial charge in [0, 0.05) is 18.8 Å². The standard InChI is InChI=1S/C27H34N6O2/c1-33(19-34)26(29)30-25(15-10-20-6-3-2-4-7-20)17-22-8-5-9-24(16-22)32-27(35)31-23-13-11-21(18-28)12-14-23/h2-4,6-7,11-14,19,22,24-25H,5,8-10,15-17H2,1H3,(H2,29,30)(H2,31,32,35)/t22-,24+,25+/m0/s1. The molecule has 184 valence electrons. The molecule has 0 radical (unpaired) electrons. The maximum Gasteiger partial charge on any atom is 0.319 e. The summed E-state index contributed by atoms with van der Waals surface area (Å²) in [5, 5.41) is 14.8. The number of amides is 3. The van der Waals surface area contributed by atoms with Crippen LogP contribution in [-0.2, 0) is 11.2 Å². The Morgan fingerprint density at radius 2 is 1.97 bits per heavy atom. The van der Waals surface area contributed by atoms with Crippen molar-refractivity contribution in [2.24, 2.45) is 16.6 Å². The van der Waals surface area contributed by atoms with Crippen molar-refractivity contribution in [3.8, 4) is 6.07 Å². The van der Waals surface area contributed by atoms with Gasteiger partial charge in [-0.2, -0.15) is 5.26 Å². The van der Waals surface area contributed by atoms with Crippen molar-refractivity contribution in [1.29, 1.82) is 5.26 Å². The summed E-state index contributed by atoms with van der Waals surface area (Å²) in [6.07, 6.45) is 7.17. The minimum Gasteiger partial charge on any atom is -0.369 e. The number of aryl methyl sites for hydroxylation is 1. The zero-order valence-corrected chi connectivity index (χ0v) is 20.2. The number of nitriles is 1. The number of hydrogen-bond acceptors (Lipinski definition) is 4. The first kappa shape index (κ1) is 25.8. The van der Waals surface area contributed by atoms with E-state index in [2.05, 4.69) is 33.8 Å². The van der Waals surface area contributed by atoms with Crippen molar-refractivity contribution in [3.63, 3.8) is 0 Å². The van der Waals surface area contributed by atoms with E-state index in [1.807, 2.05) is 18.2 Å². The number of carbonyl (C=O) groups is 2. The molecular weight excluding hydrogens is 440 g/mol. The first-order valence-electron chi connectivity index (χ1n) is 12.1.